The molecule has 2 aliphatic heterocycles. The van der Waals surface area contributed by atoms with Crippen LogP contribution in [0, 0.1) is 0 Å². The molecule has 32 heavy (non-hydrogen) atoms. The average Bonchev–Trinajstić information content (AvgIpc) is 2.76. The van der Waals surface area contributed by atoms with Gasteiger partial charge in [-0.2, -0.15) is 0 Å². The van der Waals surface area contributed by atoms with Crippen molar-refractivity contribution in [2.24, 2.45) is 0 Å². The van der Waals surface area contributed by atoms with Gasteiger partial charge in [0.15, 0.2) is 17.6 Å². The largest absolute Gasteiger partial charge is 0.508 e. The van der Waals surface area contributed by atoms with Gasteiger partial charge in [-0.05, 0) is 18.2 Å². The van der Waals surface area contributed by atoms with Crippen LogP contribution in [0.15, 0.2) is 36.1 Å². The molecule has 0 radical (unpaired) electrons. The second-order valence-corrected chi connectivity index (χ2v) is 7.48. The lowest BCUT2D eigenvalue weighted by molar-refractivity contribution is -0.293. The van der Waals surface area contributed by atoms with Gasteiger partial charge in [-0.1, -0.05) is 6.07 Å². The molecule has 6 atom stereocenters. The first-order chi connectivity index (χ1) is 15.2. The maximum Gasteiger partial charge on any atom is 0.228 e. The fourth-order valence-electron chi connectivity index (χ4n) is 3.57. The summed E-state index contributed by atoms with van der Waals surface area (Å²) in [7, 11) is 0. The predicted molar refractivity (Wildman–Crippen MR) is 106 cm³/mol. The van der Waals surface area contributed by atoms with Gasteiger partial charge in [0, 0.05) is 17.7 Å². The first-order valence-electron chi connectivity index (χ1n) is 9.63. The Bertz CT molecular complexity index is 1030. The minimum absolute atomic E-state index is 0.0343. The summed E-state index contributed by atoms with van der Waals surface area (Å²) in [6.45, 7) is -0.654. The van der Waals surface area contributed by atoms with Crippen molar-refractivity contribution in [1.29, 1.82) is 0 Å². The Morgan fingerprint density at radius 2 is 1.59 bits per heavy atom. The van der Waals surface area contributed by atoms with E-state index in [9.17, 15) is 40.9 Å². The van der Waals surface area contributed by atoms with Gasteiger partial charge in [0.05, 0.1) is 12.2 Å². The molecule has 2 aromatic carbocycles. The third-order valence-electron chi connectivity index (χ3n) is 5.30. The molecule has 0 amide bonds. The summed E-state index contributed by atoms with van der Waals surface area (Å²) in [5, 5.41) is 79.2. The molecule has 172 valence electrons. The molecule has 2 aromatic rings. The highest BCUT2D eigenvalue weighted by Crippen LogP contribution is 2.45. The van der Waals surface area contributed by atoms with Crippen molar-refractivity contribution < 1.29 is 55.1 Å². The number of aromatic hydroxyl groups is 4. The summed E-state index contributed by atoms with van der Waals surface area (Å²) in [6.07, 6.45) is -7.44. The van der Waals surface area contributed by atoms with Crippen molar-refractivity contribution in [2.45, 2.75) is 36.8 Å². The van der Waals surface area contributed by atoms with E-state index < -0.39 is 49.2 Å². The van der Waals surface area contributed by atoms with E-state index in [-0.39, 0.29) is 34.3 Å². The zero-order valence-corrected chi connectivity index (χ0v) is 16.4. The SMILES string of the molecule is OC[C@H]1O[C@@H](OC2=Cc3c(O)cc(O)cc3OC2c2ccc(O)c(O)c2)[C@H](O)[C@H](O)[C@H]1O. The van der Waals surface area contributed by atoms with Crippen LogP contribution in [0.4, 0.5) is 0 Å². The number of rotatable bonds is 4. The number of aliphatic hydroxyl groups excluding tert-OH is 4. The van der Waals surface area contributed by atoms with E-state index in [1.807, 2.05) is 0 Å². The van der Waals surface area contributed by atoms with Gasteiger partial charge in [-0.25, -0.2) is 0 Å². The fourth-order valence-corrected chi connectivity index (χ4v) is 3.57. The van der Waals surface area contributed by atoms with Crippen molar-refractivity contribution in [3.05, 3.63) is 47.2 Å². The Hall–Kier alpha value is -3.22. The fraction of sp³-hybridized carbons (Fsp3) is 0.333. The van der Waals surface area contributed by atoms with Crippen LogP contribution in [-0.2, 0) is 9.47 Å². The predicted octanol–water partition coefficient (Wildman–Crippen LogP) is -0.200. The van der Waals surface area contributed by atoms with Crippen molar-refractivity contribution >= 4 is 6.08 Å². The number of phenols is 4. The van der Waals surface area contributed by atoms with E-state index in [2.05, 4.69) is 0 Å². The van der Waals surface area contributed by atoms with Gasteiger partial charge in [-0.3, -0.25) is 0 Å². The van der Waals surface area contributed by atoms with Gasteiger partial charge in [-0.15, -0.1) is 0 Å². The van der Waals surface area contributed by atoms with Crippen LogP contribution in [0.3, 0.4) is 0 Å². The van der Waals surface area contributed by atoms with Crippen LogP contribution in [0.5, 0.6) is 28.7 Å². The third kappa shape index (κ3) is 3.87. The number of hydrogen-bond donors (Lipinski definition) is 8. The summed E-state index contributed by atoms with van der Waals surface area (Å²) < 4.78 is 17.0. The zero-order valence-electron chi connectivity index (χ0n) is 16.4. The number of ether oxygens (including phenoxy) is 3. The van der Waals surface area contributed by atoms with Gasteiger partial charge in [0.2, 0.25) is 6.29 Å². The Morgan fingerprint density at radius 3 is 2.28 bits per heavy atom. The summed E-state index contributed by atoms with van der Waals surface area (Å²) in [4.78, 5) is 0. The van der Waals surface area contributed by atoms with Crippen LogP contribution < -0.4 is 4.74 Å². The molecular weight excluding hydrogens is 428 g/mol. The topological polar surface area (TPSA) is 190 Å². The number of aliphatic hydroxyl groups is 4. The van der Waals surface area contributed by atoms with Crippen molar-refractivity contribution in [1.82, 2.24) is 0 Å². The van der Waals surface area contributed by atoms with Crippen molar-refractivity contribution in [3.8, 4) is 28.7 Å². The van der Waals surface area contributed by atoms with Gasteiger partial charge < -0.3 is 55.1 Å². The lowest BCUT2D eigenvalue weighted by Gasteiger charge is -2.41. The van der Waals surface area contributed by atoms with E-state index >= 15 is 0 Å². The van der Waals surface area contributed by atoms with Gasteiger partial charge >= 0.3 is 0 Å². The smallest absolute Gasteiger partial charge is 0.228 e. The van der Waals surface area contributed by atoms with Crippen LogP contribution in [0.1, 0.15) is 17.2 Å². The average molecular weight is 450 g/mol. The van der Waals surface area contributed by atoms with Gasteiger partial charge in [0.25, 0.3) is 0 Å². The minimum atomic E-state index is -1.70. The van der Waals surface area contributed by atoms with Crippen LogP contribution in [-0.4, -0.2) is 78.2 Å². The molecule has 0 aliphatic carbocycles. The van der Waals surface area contributed by atoms with E-state index in [4.69, 9.17) is 14.2 Å². The van der Waals surface area contributed by atoms with E-state index in [1.54, 1.807) is 0 Å². The summed E-state index contributed by atoms with van der Waals surface area (Å²) in [5.74, 6) is -1.36. The Kier molecular flexibility index (Phi) is 5.75. The molecule has 8 N–H and O–H groups in total. The summed E-state index contributed by atoms with van der Waals surface area (Å²) >= 11 is 0. The molecule has 11 heteroatoms. The lowest BCUT2D eigenvalue weighted by atomic mass is 9.98. The van der Waals surface area contributed by atoms with E-state index in [0.29, 0.717) is 5.56 Å². The van der Waals surface area contributed by atoms with Crippen molar-refractivity contribution in [2.75, 3.05) is 6.61 Å². The van der Waals surface area contributed by atoms with Crippen LogP contribution in [0.2, 0.25) is 0 Å². The third-order valence-corrected chi connectivity index (χ3v) is 5.30. The highest BCUT2D eigenvalue weighted by atomic mass is 16.7. The normalized spacial score (nSPS) is 29.6. The molecule has 0 spiro atoms. The maximum absolute atomic E-state index is 10.3. The molecule has 1 saturated heterocycles. The Balaban J connectivity index is 1.74. The molecule has 1 fully saturated rings. The second kappa shape index (κ2) is 8.37. The number of fused-ring (bicyclic) bond motifs is 1. The Morgan fingerprint density at radius 1 is 0.844 bits per heavy atom. The molecular formula is C21H22O11. The number of benzene rings is 2. The highest BCUT2D eigenvalue weighted by molar-refractivity contribution is 5.69. The minimum Gasteiger partial charge on any atom is -0.508 e. The van der Waals surface area contributed by atoms with E-state index in [0.717, 1.165) is 6.07 Å². The molecule has 2 aliphatic rings. The number of hydrogen-bond acceptors (Lipinski definition) is 11. The summed E-state index contributed by atoms with van der Waals surface area (Å²) in [5.41, 5.74) is 0.436. The Labute approximate surface area is 181 Å². The summed E-state index contributed by atoms with van der Waals surface area (Å²) in [6, 6.07) is 6.19. The maximum atomic E-state index is 10.3. The second-order valence-electron chi connectivity index (χ2n) is 7.48. The first kappa shape index (κ1) is 22.0. The zero-order chi connectivity index (χ0) is 23.2. The quantitative estimate of drug-likeness (QED) is 0.288. The molecule has 1 unspecified atom stereocenters. The standard InChI is InChI=1S/C21H22O11/c22-7-16-17(27)18(28)19(29)21(32-16)31-15-6-10-12(25)4-9(23)5-14(10)30-20(15)8-1-2-11(24)13(26)3-8/h1-6,16-29H,7H2/t16-,17+,18-,19-,20?,21-/m1/s1. The van der Waals surface area contributed by atoms with Crippen LogP contribution >= 0.6 is 0 Å². The molecule has 2 heterocycles. The van der Waals surface area contributed by atoms with Crippen molar-refractivity contribution in [3.63, 3.8) is 0 Å². The molecule has 4 rings (SSSR count). The molecule has 11 nitrogen and oxygen atoms in total. The lowest BCUT2D eigenvalue weighted by Crippen LogP contribution is -2.59. The van der Waals surface area contributed by atoms with Gasteiger partial charge in [0.1, 0.15) is 47.4 Å². The number of phenolic OH excluding ortho intramolecular Hbond substituents is 4. The van der Waals surface area contributed by atoms with E-state index in [1.165, 1.54) is 30.3 Å². The molecule has 0 saturated carbocycles. The highest BCUT2D eigenvalue weighted by Gasteiger charge is 2.46. The molecule has 0 aromatic heterocycles. The monoisotopic (exact) mass is 450 g/mol. The first-order valence-corrected chi connectivity index (χ1v) is 9.63. The molecule has 0 bridgehead atoms. The van der Waals surface area contributed by atoms with Crippen LogP contribution in [0.25, 0.3) is 6.08 Å².